The second-order valence-electron chi connectivity index (χ2n) is 9.60. The Morgan fingerprint density at radius 3 is 1.83 bits per heavy atom. The van der Waals surface area contributed by atoms with Crippen LogP contribution in [0, 0.1) is 5.41 Å². The Morgan fingerprint density at radius 1 is 0.611 bits per heavy atom. The van der Waals surface area contributed by atoms with Crippen molar-refractivity contribution >= 4 is 24.6 Å². The van der Waals surface area contributed by atoms with Gasteiger partial charge in [-0.05, 0) is 41.8 Å². The lowest BCUT2D eigenvalue weighted by atomic mass is 9.91. The smallest absolute Gasteiger partial charge is 0.0818 e. The Morgan fingerprint density at radius 2 is 1.19 bits per heavy atom. The molecule has 2 aliphatic heterocycles. The molecule has 0 saturated carbocycles. The van der Waals surface area contributed by atoms with Gasteiger partial charge in [-0.2, -0.15) is 0 Å². The first-order valence-corrected chi connectivity index (χ1v) is 12.4. The van der Waals surface area contributed by atoms with Crippen LogP contribution >= 0.6 is 0 Å². The van der Waals surface area contributed by atoms with Crippen molar-refractivity contribution in [2.45, 2.75) is 33.4 Å². The van der Waals surface area contributed by atoms with E-state index in [2.05, 4.69) is 109 Å². The number of aliphatic imine (C=N–C) groups is 2. The van der Waals surface area contributed by atoms with Crippen molar-refractivity contribution < 1.29 is 0 Å². The predicted octanol–water partition coefficient (Wildman–Crippen LogP) is 7.53. The highest BCUT2D eigenvalue weighted by Crippen LogP contribution is 2.27. The fourth-order valence-corrected chi connectivity index (χ4v) is 4.18. The Bertz CT molecular complexity index is 1420. The summed E-state index contributed by atoms with van der Waals surface area (Å²) in [5.41, 5.74) is 8.21. The molecule has 0 amide bonds. The van der Waals surface area contributed by atoms with E-state index in [1.165, 1.54) is 0 Å². The largest absolute Gasteiger partial charge is 0.287 e. The van der Waals surface area contributed by atoms with Gasteiger partial charge < -0.3 is 0 Å². The van der Waals surface area contributed by atoms with Crippen molar-refractivity contribution in [3.8, 4) is 22.5 Å². The molecule has 0 spiro atoms. The Balaban J connectivity index is 1.42. The molecule has 0 saturated heterocycles. The first-order chi connectivity index (χ1) is 17.6. The van der Waals surface area contributed by atoms with E-state index in [1.54, 1.807) is 0 Å². The van der Waals surface area contributed by atoms with Crippen molar-refractivity contribution in [1.82, 2.24) is 9.97 Å². The summed E-state index contributed by atoms with van der Waals surface area (Å²) >= 11 is 0. The molecule has 0 bridgehead atoms. The molecule has 0 aliphatic carbocycles. The van der Waals surface area contributed by atoms with E-state index in [1.807, 2.05) is 24.6 Å². The van der Waals surface area contributed by atoms with Crippen LogP contribution in [0.15, 0.2) is 95.0 Å². The SMILES string of the molecule is CC1(C)C=Cc2ccc(-c3ccc(-c4ccc5c(n4)CN=C/C=C\CC=C5)cc3)nc2CN=C/C=C\1. The number of aromatic nitrogens is 2. The minimum atomic E-state index is -0.0313. The highest BCUT2D eigenvalue weighted by Gasteiger charge is 2.12. The number of hydrogen-bond donors (Lipinski definition) is 0. The van der Waals surface area contributed by atoms with Gasteiger partial charge in [-0.25, -0.2) is 0 Å². The molecule has 1 aromatic carbocycles. The number of pyridine rings is 2. The molecule has 178 valence electrons. The first-order valence-electron chi connectivity index (χ1n) is 12.4. The van der Waals surface area contributed by atoms with E-state index in [9.17, 15) is 0 Å². The predicted molar refractivity (Wildman–Crippen MR) is 152 cm³/mol. The minimum absolute atomic E-state index is 0.0313. The fourth-order valence-electron chi connectivity index (χ4n) is 4.18. The van der Waals surface area contributed by atoms with Gasteiger partial charge >= 0.3 is 0 Å². The Labute approximate surface area is 213 Å². The molecule has 4 nitrogen and oxygen atoms in total. The van der Waals surface area contributed by atoms with Crippen molar-refractivity contribution in [3.05, 3.63) is 108 Å². The van der Waals surface area contributed by atoms with Crippen LogP contribution in [0.2, 0.25) is 0 Å². The molecule has 2 aromatic heterocycles. The second-order valence-corrected chi connectivity index (χ2v) is 9.60. The summed E-state index contributed by atoms with van der Waals surface area (Å²) < 4.78 is 0. The Kier molecular flexibility index (Phi) is 6.94. The van der Waals surface area contributed by atoms with E-state index in [-0.39, 0.29) is 5.41 Å². The highest BCUT2D eigenvalue weighted by atomic mass is 14.8. The summed E-state index contributed by atoms with van der Waals surface area (Å²) in [5, 5.41) is 0. The monoisotopic (exact) mass is 470 g/mol. The average Bonchev–Trinajstić information content (AvgIpc) is 2.90. The molecule has 2 aliphatic rings. The van der Waals surface area contributed by atoms with Gasteiger partial charge in [-0.3, -0.25) is 20.0 Å². The molecule has 0 radical (unpaired) electrons. The van der Waals surface area contributed by atoms with Gasteiger partial charge in [0.05, 0.1) is 35.9 Å². The van der Waals surface area contributed by atoms with E-state index < -0.39 is 0 Å². The number of rotatable bonds is 2. The summed E-state index contributed by atoms with van der Waals surface area (Å²) in [7, 11) is 0. The normalized spacial score (nSPS) is 18.2. The standard InChI is InChI=1S/C32H30N4/c1-32(2)18-7-21-34-23-31-27(17-19-32)14-16-29(36-31)26-11-9-25(10-12-26)28-15-13-24-8-5-3-4-6-20-33-22-30(24)35-28/h4-21H,3,22-23H2,1-2H3/b6-4-,8-5?,18-7-,19-17?,33-20?,34-21?. The molecule has 5 rings (SSSR count). The van der Waals surface area contributed by atoms with Gasteiger partial charge in [0, 0.05) is 29.0 Å². The third kappa shape index (κ3) is 5.72. The highest BCUT2D eigenvalue weighted by molar-refractivity contribution is 5.73. The third-order valence-electron chi connectivity index (χ3n) is 6.28. The van der Waals surface area contributed by atoms with Gasteiger partial charge in [0.1, 0.15) is 0 Å². The van der Waals surface area contributed by atoms with Crippen LogP contribution in [0.3, 0.4) is 0 Å². The Hall–Kier alpha value is -4.18. The molecule has 3 aromatic rings. The van der Waals surface area contributed by atoms with Gasteiger partial charge in [0.2, 0.25) is 0 Å². The van der Waals surface area contributed by atoms with Crippen LogP contribution in [-0.4, -0.2) is 22.4 Å². The fraction of sp³-hybridized carbons (Fsp3) is 0.188. The lowest BCUT2D eigenvalue weighted by molar-refractivity contribution is 0.630. The van der Waals surface area contributed by atoms with Crippen LogP contribution in [0.4, 0.5) is 0 Å². The lowest BCUT2D eigenvalue weighted by Gasteiger charge is -2.15. The summed E-state index contributed by atoms with van der Waals surface area (Å²) in [6.45, 7) is 5.49. The van der Waals surface area contributed by atoms with Crippen molar-refractivity contribution in [3.63, 3.8) is 0 Å². The van der Waals surface area contributed by atoms with E-state index in [0.29, 0.717) is 13.1 Å². The van der Waals surface area contributed by atoms with Crippen LogP contribution in [-0.2, 0) is 13.1 Å². The molecule has 36 heavy (non-hydrogen) atoms. The first kappa shape index (κ1) is 23.6. The van der Waals surface area contributed by atoms with Crippen molar-refractivity contribution in [1.29, 1.82) is 0 Å². The van der Waals surface area contributed by atoms with Gasteiger partial charge in [-0.15, -0.1) is 0 Å². The zero-order chi connectivity index (χ0) is 24.8. The maximum atomic E-state index is 4.97. The summed E-state index contributed by atoms with van der Waals surface area (Å²) in [5.74, 6) is 0. The molecule has 0 unspecified atom stereocenters. The summed E-state index contributed by atoms with van der Waals surface area (Å²) in [6, 6.07) is 16.9. The number of benzene rings is 1. The van der Waals surface area contributed by atoms with Crippen molar-refractivity contribution in [2.24, 2.45) is 15.4 Å². The topological polar surface area (TPSA) is 50.5 Å². The molecule has 4 heterocycles. The molecular weight excluding hydrogens is 440 g/mol. The molecular formula is C32H30N4. The number of hydrogen-bond acceptors (Lipinski definition) is 4. The summed E-state index contributed by atoms with van der Waals surface area (Å²) in [4.78, 5) is 18.9. The third-order valence-corrected chi connectivity index (χ3v) is 6.28. The minimum Gasteiger partial charge on any atom is -0.287 e. The van der Waals surface area contributed by atoms with Gasteiger partial charge in [0.15, 0.2) is 0 Å². The van der Waals surface area contributed by atoms with Gasteiger partial charge in [0.25, 0.3) is 0 Å². The van der Waals surface area contributed by atoms with Crippen LogP contribution < -0.4 is 0 Å². The van der Waals surface area contributed by atoms with Crippen LogP contribution in [0.5, 0.6) is 0 Å². The van der Waals surface area contributed by atoms with E-state index in [4.69, 9.17) is 9.97 Å². The lowest BCUT2D eigenvalue weighted by Crippen LogP contribution is -2.03. The number of nitrogens with zero attached hydrogens (tertiary/aromatic N) is 4. The molecule has 4 heteroatoms. The van der Waals surface area contributed by atoms with Crippen LogP contribution in [0.25, 0.3) is 34.7 Å². The quantitative estimate of drug-likeness (QED) is 0.388. The van der Waals surface area contributed by atoms with Gasteiger partial charge in [-0.1, -0.05) is 86.7 Å². The van der Waals surface area contributed by atoms with E-state index in [0.717, 1.165) is 51.5 Å². The van der Waals surface area contributed by atoms with Crippen molar-refractivity contribution in [2.75, 3.05) is 0 Å². The maximum absolute atomic E-state index is 4.97. The molecule has 0 N–H and O–H groups in total. The van der Waals surface area contributed by atoms with Crippen LogP contribution in [0.1, 0.15) is 42.8 Å². The summed E-state index contributed by atoms with van der Waals surface area (Å²) in [6.07, 6.45) is 21.5. The number of allylic oxidation sites excluding steroid dienone is 6. The zero-order valence-electron chi connectivity index (χ0n) is 20.8. The molecule has 0 fully saturated rings. The zero-order valence-corrected chi connectivity index (χ0v) is 20.8. The molecule has 0 atom stereocenters. The second kappa shape index (κ2) is 10.6. The maximum Gasteiger partial charge on any atom is 0.0818 e. The average molecular weight is 471 g/mol. The number of fused-ring (bicyclic) bond motifs is 2. The van der Waals surface area contributed by atoms with E-state index >= 15 is 0 Å².